The van der Waals surface area contributed by atoms with Gasteiger partial charge in [0, 0.05) is 30.5 Å². The van der Waals surface area contributed by atoms with E-state index in [1.807, 2.05) is 49.4 Å². The average molecular weight is 442 g/mol. The van der Waals surface area contributed by atoms with Crippen LogP contribution >= 0.6 is 11.3 Å². The summed E-state index contributed by atoms with van der Waals surface area (Å²) in [4.78, 5) is 31.1. The van der Waals surface area contributed by atoms with Gasteiger partial charge in [-0.2, -0.15) is 0 Å². The lowest BCUT2D eigenvalue weighted by atomic mass is 10.1. The van der Waals surface area contributed by atoms with Crippen molar-refractivity contribution in [1.82, 2.24) is 9.88 Å². The number of urea groups is 1. The summed E-state index contributed by atoms with van der Waals surface area (Å²) in [7, 11) is 0. The number of carbonyl (C=O) groups excluding carboxylic acids is 2. The molecule has 0 aliphatic heterocycles. The molecule has 0 aliphatic carbocycles. The van der Waals surface area contributed by atoms with Gasteiger partial charge in [0.05, 0.1) is 18.8 Å². The van der Waals surface area contributed by atoms with Gasteiger partial charge in [-0.15, -0.1) is 11.3 Å². The number of amides is 2. The van der Waals surface area contributed by atoms with Gasteiger partial charge in [-0.3, -0.25) is 0 Å². The standard InChI is InChI=1S/C23H27N3O4S/c1-3-29-14-8-13-26(15-21-24-20(16-31-21)22(27)30-4-2)23(28)25-19-12-7-10-17-9-5-6-11-18(17)19/h5-7,9-12,16H,3-4,8,13-15H2,1-2H3,(H,25,28). The second kappa shape index (κ2) is 11.4. The fraction of sp³-hybridized carbons (Fsp3) is 0.348. The molecular weight excluding hydrogens is 414 g/mol. The van der Waals surface area contributed by atoms with Crippen molar-refractivity contribution in [1.29, 1.82) is 0 Å². The molecule has 0 unspecified atom stereocenters. The summed E-state index contributed by atoms with van der Waals surface area (Å²) in [5.41, 5.74) is 1.02. The summed E-state index contributed by atoms with van der Waals surface area (Å²) in [6, 6.07) is 13.5. The van der Waals surface area contributed by atoms with Gasteiger partial charge < -0.3 is 19.7 Å². The lowest BCUT2D eigenvalue weighted by molar-refractivity contribution is 0.0520. The largest absolute Gasteiger partial charge is 0.461 e. The van der Waals surface area contributed by atoms with Crippen LogP contribution in [0, 0.1) is 0 Å². The lowest BCUT2D eigenvalue weighted by Crippen LogP contribution is -2.35. The van der Waals surface area contributed by atoms with Crippen LogP contribution in [0.25, 0.3) is 10.8 Å². The van der Waals surface area contributed by atoms with Crippen molar-refractivity contribution in [2.45, 2.75) is 26.8 Å². The predicted octanol–water partition coefficient (Wildman–Crippen LogP) is 4.93. The summed E-state index contributed by atoms with van der Waals surface area (Å²) < 4.78 is 10.4. The molecule has 0 saturated carbocycles. The highest BCUT2D eigenvalue weighted by Crippen LogP contribution is 2.24. The molecule has 1 N–H and O–H groups in total. The number of esters is 1. The molecule has 0 radical (unpaired) electrons. The number of carbonyl (C=O) groups is 2. The van der Waals surface area contributed by atoms with Gasteiger partial charge >= 0.3 is 12.0 Å². The summed E-state index contributed by atoms with van der Waals surface area (Å²) in [6.07, 6.45) is 0.701. The number of hydrogen-bond acceptors (Lipinski definition) is 6. The second-order valence-electron chi connectivity index (χ2n) is 6.78. The summed E-state index contributed by atoms with van der Waals surface area (Å²) >= 11 is 1.34. The number of hydrogen-bond donors (Lipinski definition) is 1. The van der Waals surface area contributed by atoms with E-state index in [1.54, 1.807) is 17.2 Å². The first kappa shape index (κ1) is 22.7. The van der Waals surface area contributed by atoms with Gasteiger partial charge in [0.2, 0.25) is 0 Å². The van der Waals surface area contributed by atoms with Crippen LogP contribution in [0.15, 0.2) is 47.8 Å². The molecule has 164 valence electrons. The highest BCUT2D eigenvalue weighted by Gasteiger charge is 2.18. The highest BCUT2D eigenvalue weighted by atomic mass is 32.1. The van der Waals surface area contributed by atoms with Crippen LogP contribution < -0.4 is 5.32 Å². The molecule has 3 aromatic rings. The Labute approximate surface area is 186 Å². The minimum Gasteiger partial charge on any atom is -0.461 e. The molecule has 2 aromatic carbocycles. The van der Waals surface area contributed by atoms with Crippen molar-refractivity contribution in [3.8, 4) is 0 Å². The third kappa shape index (κ3) is 6.26. The molecule has 31 heavy (non-hydrogen) atoms. The van der Waals surface area contributed by atoms with Gasteiger partial charge in [-0.05, 0) is 31.7 Å². The predicted molar refractivity (Wildman–Crippen MR) is 123 cm³/mol. The minimum absolute atomic E-state index is 0.222. The van der Waals surface area contributed by atoms with E-state index in [1.165, 1.54) is 11.3 Å². The maximum Gasteiger partial charge on any atom is 0.357 e. The maximum atomic E-state index is 13.1. The van der Waals surface area contributed by atoms with E-state index < -0.39 is 5.97 Å². The van der Waals surface area contributed by atoms with Crippen LogP contribution in [0.2, 0.25) is 0 Å². The smallest absolute Gasteiger partial charge is 0.357 e. The van der Waals surface area contributed by atoms with Crippen molar-refractivity contribution >= 4 is 39.8 Å². The SMILES string of the molecule is CCOCCCN(Cc1nc(C(=O)OCC)cs1)C(=O)Nc1cccc2ccccc12. The van der Waals surface area contributed by atoms with E-state index in [0.717, 1.165) is 16.5 Å². The van der Waals surface area contributed by atoms with Crippen LogP contribution in [-0.2, 0) is 16.0 Å². The topological polar surface area (TPSA) is 80.8 Å². The molecule has 1 heterocycles. The molecule has 1 aromatic heterocycles. The normalized spacial score (nSPS) is 10.8. The number of nitrogens with one attached hydrogen (secondary N) is 1. The van der Waals surface area contributed by atoms with Crippen molar-refractivity contribution in [3.05, 3.63) is 58.5 Å². The highest BCUT2D eigenvalue weighted by molar-refractivity contribution is 7.09. The van der Waals surface area contributed by atoms with E-state index in [9.17, 15) is 9.59 Å². The van der Waals surface area contributed by atoms with Gasteiger partial charge in [0.25, 0.3) is 0 Å². The zero-order valence-corrected chi connectivity index (χ0v) is 18.6. The summed E-state index contributed by atoms with van der Waals surface area (Å²) in [5.74, 6) is -0.451. The monoisotopic (exact) mass is 441 g/mol. The zero-order chi connectivity index (χ0) is 22.1. The minimum atomic E-state index is -0.451. The number of ether oxygens (including phenoxy) is 2. The molecule has 8 heteroatoms. The molecule has 0 atom stereocenters. The second-order valence-corrected chi connectivity index (χ2v) is 7.72. The van der Waals surface area contributed by atoms with Gasteiger partial charge in [0.1, 0.15) is 5.01 Å². The van der Waals surface area contributed by atoms with E-state index in [4.69, 9.17) is 9.47 Å². The quantitative estimate of drug-likeness (QED) is 0.356. The Hall–Kier alpha value is -2.97. The van der Waals surface area contributed by atoms with Crippen LogP contribution in [0.3, 0.4) is 0 Å². The van der Waals surface area contributed by atoms with Crippen molar-refractivity contribution in [2.75, 3.05) is 31.7 Å². The first-order valence-electron chi connectivity index (χ1n) is 10.3. The third-order valence-electron chi connectivity index (χ3n) is 4.60. The van der Waals surface area contributed by atoms with E-state index >= 15 is 0 Å². The van der Waals surface area contributed by atoms with E-state index in [-0.39, 0.29) is 11.7 Å². The Bertz CT molecular complexity index is 1020. The summed E-state index contributed by atoms with van der Waals surface area (Å²) in [6.45, 7) is 6.00. The fourth-order valence-electron chi connectivity index (χ4n) is 3.13. The van der Waals surface area contributed by atoms with E-state index in [0.29, 0.717) is 44.3 Å². The van der Waals surface area contributed by atoms with Crippen LogP contribution in [0.4, 0.5) is 10.5 Å². The lowest BCUT2D eigenvalue weighted by Gasteiger charge is -2.22. The Morgan fingerprint density at radius 2 is 1.90 bits per heavy atom. The number of benzene rings is 2. The Morgan fingerprint density at radius 3 is 2.71 bits per heavy atom. The first-order chi connectivity index (χ1) is 15.1. The van der Waals surface area contributed by atoms with Crippen LogP contribution in [0.5, 0.6) is 0 Å². The number of anilines is 1. The zero-order valence-electron chi connectivity index (χ0n) is 17.8. The maximum absolute atomic E-state index is 13.1. The Morgan fingerprint density at radius 1 is 1.10 bits per heavy atom. The fourth-order valence-corrected chi connectivity index (χ4v) is 3.91. The molecule has 7 nitrogen and oxygen atoms in total. The van der Waals surface area contributed by atoms with Gasteiger partial charge in [0.15, 0.2) is 5.69 Å². The van der Waals surface area contributed by atoms with Crippen LogP contribution in [-0.4, -0.2) is 48.2 Å². The van der Waals surface area contributed by atoms with Crippen molar-refractivity contribution in [2.24, 2.45) is 0 Å². The molecule has 0 fully saturated rings. The molecule has 0 saturated heterocycles. The van der Waals surface area contributed by atoms with Gasteiger partial charge in [-0.25, -0.2) is 14.6 Å². The molecule has 0 aliphatic rings. The molecule has 3 rings (SSSR count). The summed E-state index contributed by atoms with van der Waals surface area (Å²) in [5, 5.41) is 7.40. The molecule has 2 amide bonds. The third-order valence-corrected chi connectivity index (χ3v) is 5.44. The Balaban J connectivity index is 1.74. The van der Waals surface area contributed by atoms with Crippen LogP contribution in [0.1, 0.15) is 35.8 Å². The van der Waals surface area contributed by atoms with Crippen molar-refractivity contribution in [3.63, 3.8) is 0 Å². The molecule has 0 bridgehead atoms. The number of aromatic nitrogens is 1. The molecule has 0 spiro atoms. The Kier molecular flexibility index (Phi) is 8.37. The van der Waals surface area contributed by atoms with Crippen molar-refractivity contribution < 1.29 is 19.1 Å². The van der Waals surface area contributed by atoms with E-state index in [2.05, 4.69) is 10.3 Å². The number of nitrogens with zero attached hydrogens (tertiary/aromatic N) is 2. The molecular formula is C23H27N3O4S. The number of rotatable bonds is 10. The average Bonchev–Trinajstić information content (AvgIpc) is 3.25. The van der Waals surface area contributed by atoms with Gasteiger partial charge in [-0.1, -0.05) is 36.4 Å². The number of thiazole rings is 1. The number of fused-ring (bicyclic) bond motifs is 1. The first-order valence-corrected chi connectivity index (χ1v) is 11.2.